The molecule has 1 heterocycles. The van der Waals surface area contributed by atoms with Gasteiger partial charge in [0.25, 0.3) is 0 Å². The van der Waals surface area contributed by atoms with Gasteiger partial charge in [0.2, 0.25) is 5.91 Å². The Hall–Kier alpha value is -0.430. The van der Waals surface area contributed by atoms with E-state index in [0.29, 0.717) is 0 Å². The monoisotopic (exact) mass is 270 g/mol. The number of nitrogens with zero attached hydrogens (tertiary/aromatic N) is 1. The van der Waals surface area contributed by atoms with E-state index in [1.807, 2.05) is 0 Å². The molecule has 0 aromatic heterocycles. The Bertz CT molecular complexity index is 254. The van der Waals surface area contributed by atoms with Gasteiger partial charge in [-0.1, -0.05) is 0 Å². The minimum Gasteiger partial charge on any atom is -0.341 e. The number of nitrogens with one attached hydrogen (secondary N) is 1. The SMILES string of the molecule is CC(NCCSC(F)(F)F)C(=O)N1CCCC1. The molecule has 0 saturated carbocycles. The number of carbonyl (C=O) groups is 1. The van der Waals surface area contributed by atoms with Crippen molar-refractivity contribution in [1.82, 2.24) is 10.2 Å². The first-order chi connectivity index (χ1) is 7.90. The highest BCUT2D eigenvalue weighted by molar-refractivity contribution is 8.00. The van der Waals surface area contributed by atoms with Gasteiger partial charge < -0.3 is 10.2 Å². The van der Waals surface area contributed by atoms with Crippen molar-refractivity contribution in [3.63, 3.8) is 0 Å². The highest BCUT2D eigenvalue weighted by Crippen LogP contribution is 2.29. The Morgan fingerprint density at radius 3 is 2.53 bits per heavy atom. The zero-order valence-electron chi connectivity index (χ0n) is 9.72. The third kappa shape index (κ3) is 5.63. The van der Waals surface area contributed by atoms with Crippen molar-refractivity contribution in [2.24, 2.45) is 0 Å². The molecule has 1 amide bonds. The molecular formula is C10H17F3N2OS. The van der Waals surface area contributed by atoms with Crippen LogP contribution in [0, 0.1) is 0 Å². The van der Waals surface area contributed by atoms with Crippen molar-refractivity contribution in [3.05, 3.63) is 0 Å². The number of halogens is 3. The summed E-state index contributed by atoms with van der Waals surface area (Å²) in [7, 11) is 0. The fourth-order valence-electron chi connectivity index (χ4n) is 1.74. The predicted octanol–water partition coefficient (Wildman–Crippen LogP) is 1.84. The quantitative estimate of drug-likeness (QED) is 0.774. The molecule has 1 atom stereocenters. The van der Waals surface area contributed by atoms with Gasteiger partial charge in [-0.2, -0.15) is 13.2 Å². The second kappa shape index (κ2) is 6.49. The van der Waals surface area contributed by atoms with E-state index in [9.17, 15) is 18.0 Å². The first-order valence-corrected chi connectivity index (χ1v) is 6.61. The molecule has 1 fully saturated rings. The number of rotatable bonds is 5. The van der Waals surface area contributed by atoms with Crippen LogP contribution in [0.4, 0.5) is 13.2 Å². The lowest BCUT2D eigenvalue weighted by molar-refractivity contribution is -0.131. The van der Waals surface area contributed by atoms with Crippen LogP contribution in [0.1, 0.15) is 19.8 Å². The van der Waals surface area contributed by atoms with E-state index in [4.69, 9.17) is 0 Å². The topological polar surface area (TPSA) is 32.3 Å². The van der Waals surface area contributed by atoms with Crippen LogP contribution in [-0.4, -0.2) is 47.7 Å². The molecule has 0 spiro atoms. The van der Waals surface area contributed by atoms with Crippen molar-refractivity contribution in [1.29, 1.82) is 0 Å². The van der Waals surface area contributed by atoms with Crippen molar-refractivity contribution in [3.8, 4) is 0 Å². The van der Waals surface area contributed by atoms with E-state index >= 15 is 0 Å². The number of alkyl halides is 3. The fraction of sp³-hybridized carbons (Fsp3) is 0.900. The zero-order valence-corrected chi connectivity index (χ0v) is 10.5. The summed E-state index contributed by atoms with van der Waals surface area (Å²) >= 11 is -0.0679. The van der Waals surface area contributed by atoms with Gasteiger partial charge in [-0.25, -0.2) is 0 Å². The molecule has 1 N–H and O–H groups in total. The van der Waals surface area contributed by atoms with E-state index in [0.717, 1.165) is 25.9 Å². The maximum atomic E-state index is 11.8. The van der Waals surface area contributed by atoms with Crippen LogP contribution in [0.3, 0.4) is 0 Å². The molecule has 1 aliphatic rings. The van der Waals surface area contributed by atoms with Gasteiger partial charge in [-0.15, -0.1) is 0 Å². The molecule has 0 aliphatic carbocycles. The minimum atomic E-state index is -4.19. The Morgan fingerprint density at radius 2 is 2.00 bits per heavy atom. The summed E-state index contributed by atoms with van der Waals surface area (Å²) in [6, 6.07) is -0.401. The first kappa shape index (κ1) is 14.6. The lowest BCUT2D eigenvalue weighted by Gasteiger charge is -2.21. The first-order valence-electron chi connectivity index (χ1n) is 5.63. The standard InChI is InChI=1S/C10H17F3N2OS/c1-8(9(16)15-5-2-3-6-15)14-4-7-17-10(11,12)13/h8,14H,2-7H2,1H3. The molecular weight excluding hydrogens is 253 g/mol. The van der Waals surface area contributed by atoms with Crippen LogP contribution in [0.5, 0.6) is 0 Å². The third-order valence-electron chi connectivity index (χ3n) is 2.61. The molecule has 100 valence electrons. The maximum absolute atomic E-state index is 11.8. The molecule has 0 bridgehead atoms. The van der Waals surface area contributed by atoms with E-state index in [-0.39, 0.29) is 30.0 Å². The predicted molar refractivity (Wildman–Crippen MR) is 61.8 cm³/mol. The van der Waals surface area contributed by atoms with Gasteiger partial charge in [0.15, 0.2) is 0 Å². The van der Waals surface area contributed by atoms with Crippen LogP contribution < -0.4 is 5.32 Å². The van der Waals surface area contributed by atoms with Crippen LogP contribution in [0.2, 0.25) is 0 Å². The van der Waals surface area contributed by atoms with Gasteiger partial charge >= 0.3 is 5.51 Å². The summed E-state index contributed by atoms with van der Waals surface area (Å²) in [4.78, 5) is 13.5. The van der Waals surface area contributed by atoms with E-state index in [1.54, 1.807) is 11.8 Å². The number of hydrogen-bond acceptors (Lipinski definition) is 3. The average molecular weight is 270 g/mol. The van der Waals surface area contributed by atoms with Crippen molar-refractivity contribution >= 4 is 17.7 Å². The molecule has 1 unspecified atom stereocenters. The summed E-state index contributed by atoms with van der Waals surface area (Å²) in [5.74, 6) is -0.0827. The summed E-state index contributed by atoms with van der Waals surface area (Å²) in [6.45, 7) is 3.41. The number of carbonyl (C=O) groups excluding carboxylic acids is 1. The summed E-state index contributed by atoms with van der Waals surface area (Å²) in [5.41, 5.74) is -4.19. The van der Waals surface area contributed by atoms with Gasteiger partial charge in [0.1, 0.15) is 0 Å². The molecule has 0 radical (unpaired) electrons. The lowest BCUT2D eigenvalue weighted by Crippen LogP contribution is -2.44. The molecule has 1 aliphatic heterocycles. The Morgan fingerprint density at radius 1 is 1.41 bits per heavy atom. The number of amides is 1. The zero-order chi connectivity index (χ0) is 12.9. The second-order valence-corrected chi connectivity index (χ2v) is 5.16. The van der Waals surface area contributed by atoms with Gasteiger partial charge in [0, 0.05) is 25.4 Å². The highest BCUT2D eigenvalue weighted by atomic mass is 32.2. The molecule has 3 nitrogen and oxygen atoms in total. The molecule has 1 rings (SSSR count). The summed E-state index contributed by atoms with van der Waals surface area (Å²) in [5, 5.41) is 2.82. The van der Waals surface area contributed by atoms with E-state index in [2.05, 4.69) is 5.32 Å². The Labute approximate surface area is 103 Å². The van der Waals surface area contributed by atoms with E-state index in [1.165, 1.54) is 0 Å². The fourth-order valence-corrected chi connectivity index (χ4v) is 2.19. The number of hydrogen-bond donors (Lipinski definition) is 1. The van der Waals surface area contributed by atoms with Gasteiger partial charge in [0.05, 0.1) is 6.04 Å². The maximum Gasteiger partial charge on any atom is 0.441 e. The van der Waals surface area contributed by atoms with Crippen LogP contribution in [0.25, 0.3) is 0 Å². The highest BCUT2D eigenvalue weighted by Gasteiger charge is 2.28. The van der Waals surface area contributed by atoms with Crippen LogP contribution in [-0.2, 0) is 4.79 Å². The minimum absolute atomic E-state index is 0.0143. The molecule has 0 aromatic rings. The Kier molecular flexibility index (Phi) is 5.58. The number of likely N-dealkylation sites (tertiary alicyclic amines) is 1. The summed E-state index contributed by atoms with van der Waals surface area (Å²) < 4.78 is 35.5. The second-order valence-electron chi connectivity index (χ2n) is 4.00. The largest absolute Gasteiger partial charge is 0.441 e. The van der Waals surface area contributed by atoms with E-state index < -0.39 is 11.6 Å². The van der Waals surface area contributed by atoms with Crippen molar-refractivity contribution in [2.45, 2.75) is 31.3 Å². The summed E-state index contributed by atoms with van der Waals surface area (Å²) in [6.07, 6.45) is 2.03. The lowest BCUT2D eigenvalue weighted by atomic mass is 10.3. The van der Waals surface area contributed by atoms with Gasteiger partial charge in [-0.3, -0.25) is 4.79 Å². The van der Waals surface area contributed by atoms with Crippen LogP contribution >= 0.6 is 11.8 Å². The van der Waals surface area contributed by atoms with Crippen molar-refractivity contribution in [2.75, 3.05) is 25.4 Å². The molecule has 0 aromatic carbocycles. The molecule has 7 heteroatoms. The average Bonchev–Trinajstić information content (AvgIpc) is 2.74. The molecule has 1 saturated heterocycles. The number of thioether (sulfide) groups is 1. The normalized spacial score (nSPS) is 18.5. The third-order valence-corrected chi connectivity index (χ3v) is 3.34. The smallest absolute Gasteiger partial charge is 0.341 e. The van der Waals surface area contributed by atoms with Crippen molar-refractivity contribution < 1.29 is 18.0 Å². The van der Waals surface area contributed by atoms with Gasteiger partial charge in [-0.05, 0) is 31.5 Å². The molecule has 17 heavy (non-hydrogen) atoms. The Balaban J connectivity index is 2.16. The van der Waals surface area contributed by atoms with Crippen LogP contribution in [0.15, 0.2) is 0 Å².